The van der Waals surface area contributed by atoms with E-state index in [1.54, 1.807) is 72.3 Å². The summed E-state index contributed by atoms with van der Waals surface area (Å²) in [6.45, 7) is 31.1. The molecule has 3 aromatic carbocycles. The van der Waals surface area contributed by atoms with E-state index in [0.29, 0.717) is 132 Å². The molecule has 0 saturated carbocycles. The number of piperazine rings is 3. The number of aromatic nitrogens is 9. The van der Waals surface area contributed by atoms with Crippen LogP contribution in [0.25, 0.3) is 83.9 Å². The van der Waals surface area contributed by atoms with Crippen LogP contribution in [0.1, 0.15) is 110 Å². The molecule has 9 aromatic heterocycles. The summed E-state index contributed by atoms with van der Waals surface area (Å²) in [6.07, 6.45) is 8.56. The van der Waals surface area contributed by atoms with Crippen molar-refractivity contribution in [2.24, 2.45) is 0 Å². The van der Waals surface area contributed by atoms with Crippen molar-refractivity contribution in [3.8, 4) is 86.3 Å². The molecule has 696 valence electrons. The Kier molecular flexibility index (Phi) is 30.4. The Hall–Kier alpha value is -11.6. The highest BCUT2D eigenvalue weighted by molar-refractivity contribution is 6.50. The van der Waals surface area contributed by atoms with Crippen molar-refractivity contribution in [3.05, 3.63) is 252 Å². The summed E-state index contributed by atoms with van der Waals surface area (Å²) in [5, 5.41) is 59.9. The minimum atomic E-state index is -1.12. The van der Waals surface area contributed by atoms with Gasteiger partial charge in [0, 0.05) is 113 Å². The van der Waals surface area contributed by atoms with Crippen molar-refractivity contribution in [3.63, 3.8) is 0 Å². The maximum absolute atomic E-state index is 15.6. The van der Waals surface area contributed by atoms with Gasteiger partial charge in [-0.15, -0.1) is 0 Å². The monoisotopic (exact) mass is 2060 g/mol. The van der Waals surface area contributed by atoms with Crippen molar-refractivity contribution in [2.75, 3.05) is 93.2 Å². The molecule has 15 rings (SSSR count). The third-order valence-electron chi connectivity index (χ3n) is 23.0. The first-order valence-corrected chi connectivity index (χ1v) is 45.6. The fraction of sp³-hybridized carbons (Fsp3) is 0.258. The fourth-order valence-corrected chi connectivity index (χ4v) is 19.2. The number of nitrogens with zero attached hydrogens (tertiary/aromatic N) is 18. The molecule has 3 saturated heterocycles. The van der Waals surface area contributed by atoms with E-state index in [1.807, 2.05) is 56.2 Å². The number of anilines is 3. The third-order valence-corrected chi connectivity index (χ3v) is 27.5. The summed E-state index contributed by atoms with van der Waals surface area (Å²) in [7, 11) is 0. The summed E-state index contributed by atoms with van der Waals surface area (Å²) in [5.41, 5.74) is 1.79. The first kappa shape index (κ1) is 101. The largest absolute Gasteiger partial charge is 0.506 e. The zero-order valence-electron chi connectivity index (χ0n) is 72.8. The van der Waals surface area contributed by atoms with Crippen molar-refractivity contribution in [2.45, 2.75) is 80.1 Å². The van der Waals surface area contributed by atoms with Gasteiger partial charge in [0.25, 0.3) is 16.7 Å². The number of aryl methyl sites for hydroxylation is 3. The van der Waals surface area contributed by atoms with E-state index < -0.39 is 102 Å². The number of carbonyl (C=O) groups is 3. The molecule has 3 amide bonds. The molecule has 12 heterocycles. The first-order valence-electron chi connectivity index (χ1n) is 41.1. The van der Waals surface area contributed by atoms with E-state index in [0.717, 1.165) is 0 Å². The predicted octanol–water partition coefficient (Wildman–Crippen LogP) is 21.1. The Bertz CT molecular complexity index is 6650. The van der Waals surface area contributed by atoms with Crippen LogP contribution < -0.4 is 31.4 Å². The van der Waals surface area contributed by atoms with E-state index in [9.17, 15) is 68.7 Å². The minimum Gasteiger partial charge on any atom is -0.506 e. The number of rotatable bonds is 15. The van der Waals surface area contributed by atoms with Gasteiger partial charge in [0.15, 0.2) is 17.5 Å². The molecule has 0 atom stereocenters. The number of hydrogen-bond donors (Lipinski definition) is 3. The first-order chi connectivity index (χ1) is 64.0. The molecule has 0 spiro atoms. The van der Waals surface area contributed by atoms with Crippen LogP contribution in [0, 0.1) is 72.2 Å². The minimum absolute atomic E-state index is 0.0111. The van der Waals surface area contributed by atoms with Gasteiger partial charge in [0.1, 0.15) is 84.2 Å². The van der Waals surface area contributed by atoms with E-state index in [-0.39, 0.29) is 143 Å². The summed E-state index contributed by atoms with van der Waals surface area (Å²) >= 11 is 75.7. The van der Waals surface area contributed by atoms with Gasteiger partial charge in [-0.3, -0.25) is 57.4 Å². The predicted molar refractivity (Wildman–Crippen MR) is 524 cm³/mol. The van der Waals surface area contributed by atoms with Gasteiger partial charge in [0.2, 0.25) is 17.7 Å². The van der Waals surface area contributed by atoms with Crippen molar-refractivity contribution >= 4 is 207 Å². The second-order valence-electron chi connectivity index (χ2n) is 32.0. The molecule has 27 nitrogen and oxygen atoms in total. The van der Waals surface area contributed by atoms with Gasteiger partial charge in [-0.25, -0.2) is 28.1 Å². The second kappa shape index (κ2) is 40.7. The van der Waals surface area contributed by atoms with Crippen molar-refractivity contribution < 1.29 is 42.9 Å². The van der Waals surface area contributed by atoms with Gasteiger partial charge >= 0.3 is 0 Å². The summed E-state index contributed by atoms with van der Waals surface area (Å²) in [5.74, 6) is -6.73. The molecule has 3 aliphatic heterocycles. The molecule has 0 radical (unpaired) electrons. The van der Waals surface area contributed by atoms with Gasteiger partial charge < -0.3 is 44.7 Å². The lowest BCUT2D eigenvalue weighted by atomic mass is 10.0. The zero-order chi connectivity index (χ0) is 98.7. The Morgan fingerprint density at radius 1 is 0.378 bits per heavy atom. The average Bonchev–Trinajstić information content (AvgIpc) is 0.728. The average molecular weight is 2070 g/mol. The van der Waals surface area contributed by atoms with Gasteiger partial charge in [0.05, 0.1) is 130 Å². The molecule has 3 N–H and O–H groups in total. The van der Waals surface area contributed by atoms with E-state index >= 15 is 4.39 Å². The topological polar surface area (TPSA) is 346 Å². The van der Waals surface area contributed by atoms with E-state index in [1.165, 1.54) is 50.1 Å². The maximum Gasteiger partial charge on any atom is 0.276 e. The SMILES string of the molecule is C=CC(=O)N1CCN(c2c(C#N)c(=O)n(-c3c(C)ccnc3C(C)C)c3nc(-c4c(O)c(Cl)c(Cl)c(Cl)c4F)c(Cl)cc23)CC1.C=CC(=O)N1CCN(c2c(C#N)c(=O)n(-c3c(C)ccnc3C(C)C)c3nc(-c4c(O)c(Cl)c(F)c(Cl)c4Cl)c(Cl)cc23)CC1.C=CC(=O)N1CCN(c2c(C#N)c(=O)n(-c3c(C)ccnc3C(C)C)c3nc(-c4c(O)c(Cl)c(F)c(Cl)c4Cl)c(Cl)cc23)CC1. The Balaban J connectivity index is 0.000000171. The number of nitriles is 3. The van der Waals surface area contributed by atoms with E-state index in [4.69, 9.17) is 149 Å². The lowest BCUT2D eigenvalue weighted by Crippen LogP contribution is -2.49. The number of hydrogen-bond acceptors (Lipinski definition) is 21. The summed E-state index contributed by atoms with van der Waals surface area (Å²) in [6, 6.07) is 15.8. The number of phenolic OH excluding ortho intramolecular Hbond substituents is 3. The number of carbonyl (C=O) groups excluding carboxylic acids is 3. The zero-order valence-corrected chi connectivity index (χ0v) is 81.8. The Labute approximate surface area is 829 Å². The smallest absolute Gasteiger partial charge is 0.276 e. The van der Waals surface area contributed by atoms with Crippen molar-refractivity contribution in [1.29, 1.82) is 15.8 Å². The number of benzene rings is 3. The van der Waals surface area contributed by atoms with Crippen LogP contribution in [0.2, 0.25) is 60.3 Å². The maximum atomic E-state index is 15.6. The lowest BCUT2D eigenvalue weighted by molar-refractivity contribution is -0.127. The van der Waals surface area contributed by atoms with Crippen LogP contribution in [-0.4, -0.2) is 170 Å². The van der Waals surface area contributed by atoms with Gasteiger partial charge in [-0.05, 0) is 110 Å². The van der Waals surface area contributed by atoms with Crippen LogP contribution in [0.3, 0.4) is 0 Å². The number of aromatic hydroxyl groups is 3. The van der Waals surface area contributed by atoms with Gasteiger partial charge in [-0.1, -0.05) is 200 Å². The van der Waals surface area contributed by atoms with Gasteiger partial charge in [-0.2, -0.15) is 15.8 Å². The van der Waals surface area contributed by atoms with E-state index in [2.05, 4.69) is 57.9 Å². The summed E-state index contributed by atoms with van der Waals surface area (Å²) in [4.78, 5) is 118. The van der Waals surface area contributed by atoms with Crippen LogP contribution in [0.4, 0.5) is 30.2 Å². The molecule has 135 heavy (non-hydrogen) atoms. The second-order valence-corrected chi connectivity index (χ2v) is 36.7. The molecule has 3 fully saturated rings. The van der Waals surface area contributed by atoms with Crippen LogP contribution in [0.5, 0.6) is 17.2 Å². The molecular weight excluding hydrogens is 2000 g/mol. The quantitative estimate of drug-likeness (QED) is 0.0487. The van der Waals surface area contributed by atoms with Crippen LogP contribution in [-0.2, 0) is 14.4 Å². The number of halogens is 15. The molecule has 12 aromatic rings. The highest BCUT2D eigenvalue weighted by Gasteiger charge is 2.38. The Morgan fingerprint density at radius 3 is 0.881 bits per heavy atom. The number of phenols is 3. The molecule has 0 bridgehead atoms. The fourth-order valence-electron chi connectivity index (χ4n) is 16.4. The molecule has 0 aliphatic carbocycles. The normalized spacial score (nSPS) is 13.4. The lowest BCUT2D eigenvalue weighted by Gasteiger charge is -2.36. The Morgan fingerprint density at radius 2 is 0.630 bits per heavy atom. The summed E-state index contributed by atoms with van der Waals surface area (Å²) < 4.78 is 48.6. The molecule has 3 aliphatic rings. The van der Waals surface area contributed by atoms with Crippen LogP contribution in [0.15, 0.2) is 107 Å². The number of amides is 3. The number of fused-ring (bicyclic) bond motifs is 3. The molecular formula is C93H75Cl12F3N18O9. The highest BCUT2D eigenvalue weighted by atomic mass is 35.5. The third kappa shape index (κ3) is 18.2. The number of pyridine rings is 9. The molecule has 0 unspecified atom stereocenters. The van der Waals surface area contributed by atoms with Crippen molar-refractivity contribution in [1.82, 2.24) is 58.3 Å². The van der Waals surface area contributed by atoms with Crippen LogP contribution >= 0.6 is 139 Å². The standard InChI is InChI=1S/3C31H25Cl4FN6O3/c1-5-19(43)40-8-10-41(11-9-40)28-16-12-18(32)26(20-24(36)22(34)21(33)23(35)29(20)44)39-30(16)42(31(45)17(28)13-37)27-15(4)6-7-38-25(27)14(2)3;2*1-5-19(43)40-8-10-41(11-9-40)28-16-12-18(32)26(20-21(33)22(34)24(36)23(35)29(20)44)39-30(16)42(31(45)17(28)13-37)27-15(4)6-7-38-25(27)14(2)3/h3*5-7,12,14,44H,1,8-11H2,2-4H3. The molecule has 42 heteroatoms. The highest BCUT2D eigenvalue weighted by Crippen LogP contribution is 2.53.